The molecule has 0 amide bonds. The maximum absolute atomic E-state index is 13.8. The first-order valence-electron chi connectivity index (χ1n) is 13.9. The molecule has 5 rings (SSSR count). The molecule has 2 fully saturated rings. The fourth-order valence-corrected chi connectivity index (χ4v) is 5.54. The predicted molar refractivity (Wildman–Crippen MR) is 149 cm³/mol. The summed E-state index contributed by atoms with van der Waals surface area (Å²) in [6, 6.07) is 8.95. The van der Waals surface area contributed by atoms with Gasteiger partial charge >= 0.3 is 6.18 Å². The summed E-state index contributed by atoms with van der Waals surface area (Å²) in [5, 5.41) is 27.4. The number of hydrogen-bond donors (Lipinski definition) is 4. The van der Waals surface area contributed by atoms with Crippen LogP contribution in [0.1, 0.15) is 81.7 Å². The third kappa shape index (κ3) is 6.16. The largest absolute Gasteiger partial charge is 0.433 e. The molecule has 1 atom stereocenters. The lowest BCUT2D eigenvalue weighted by molar-refractivity contribution is -0.141. The highest BCUT2D eigenvalue weighted by Crippen LogP contribution is 2.42. The van der Waals surface area contributed by atoms with E-state index in [0.717, 1.165) is 62.9 Å². The highest BCUT2D eigenvalue weighted by molar-refractivity contribution is 5.96. The van der Waals surface area contributed by atoms with Gasteiger partial charge < -0.3 is 10.2 Å². The number of hydrogen-bond acceptors (Lipinski definition) is 5. The Morgan fingerprint density at radius 3 is 2.49 bits per heavy atom. The van der Waals surface area contributed by atoms with Crippen molar-refractivity contribution in [2.75, 3.05) is 7.05 Å². The second kappa shape index (κ2) is 12.3. The quantitative estimate of drug-likeness (QED) is 0.180. The summed E-state index contributed by atoms with van der Waals surface area (Å²) in [6.45, 7) is 4.24. The van der Waals surface area contributed by atoms with Crippen LogP contribution in [0.15, 0.2) is 30.3 Å². The molecule has 0 bridgehead atoms. The predicted octanol–water partition coefficient (Wildman–Crippen LogP) is 7.10. The summed E-state index contributed by atoms with van der Waals surface area (Å²) in [7, 11) is 1.69. The number of nitrogens with one attached hydrogen (secondary N) is 4. The van der Waals surface area contributed by atoms with Crippen molar-refractivity contribution < 1.29 is 13.2 Å². The summed E-state index contributed by atoms with van der Waals surface area (Å²) >= 11 is 0. The van der Waals surface area contributed by atoms with Crippen LogP contribution in [0.4, 0.5) is 13.2 Å². The number of fused-ring (bicyclic) bond motifs is 1. The summed E-state index contributed by atoms with van der Waals surface area (Å²) < 4.78 is 41.5. The molecule has 0 spiro atoms. The molecule has 2 saturated carbocycles. The summed E-state index contributed by atoms with van der Waals surface area (Å²) in [5.41, 5.74) is 1.92. The Kier molecular flexibility index (Phi) is 9.04. The van der Waals surface area contributed by atoms with Gasteiger partial charge in [0.05, 0.1) is 17.5 Å². The Labute approximate surface area is 227 Å². The average molecular weight is 542 g/mol. The molecule has 1 unspecified atom stereocenters. The van der Waals surface area contributed by atoms with E-state index in [1.807, 2.05) is 38.1 Å². The standard InChI is InChI=1S/C27H32F3N7.C2H6/c1-37(15-31)26(32)23(16-6-4-7-16)17-8-5-9-18(12-17)24-20-13-22(27(28,29)30)34-21(25(20)36-35-24)14-33-19-10-2-3-11-19;1-2/h5,8-9,12-13,15-16,19,23,31-33H,2-4,6-7,10-11,14H2,1H3,(H,35,36);1-2H3. The molecule has 0 aliphatic heterocycles. The topological polar surface area (TPSA) is 105 Å². The molecular weight excluding hydrogens is 503 g/mol. The Morgan fingerprint density at radius 2 is 1.87 bits per heavy atom. The van der Waals surface area contributed by atoms with Gasteiger partial charge in [-0.2, -0.15) is 18.3 Å². The molecule has 210 valence electrons. The maximum Gasteiger partial charge on any atom is 0.433 e. The Bertz CT molecular complexity index is 1290. The zero-order valence-corrected chi connectivity index (χ0v) is 22.8. The summed E-state index contributed by atoms with van der Waals surface area (Å²) in [4.78, 5) is 5.47. The normalized spacial score (nSPS) is 16.9. The molecule has 7 nitrogen and oxygen atoms in total. The number of benzene rings is 1. The number of alkyl halides is 3. The zero-order valence-electron chi connectivity index (χ0n) is 22.8. The number of aromatic nitrogens is 3. The molecule has 0 saturated heterocycles. The molecule has 1 aromatic carbocycles. The zero-order chi connectivity index (χ0) is 28.2. The van der Waals surface area contributed by atoms with E-state index in [1.54, 1.807) is 7.05 Å². The molecule has 2 aliphatic rings. The molecule has 2 heterocycles. The molecule has 2 aliphatic carbocycles. The number of nitrogens with zero attached hydrogens (tertiary/aromatic N) is 3. The second-order valence-corrected chi connectivity index (χ2v) is 10.2. The highest BCUT2D eigenvalue weighted by Gasteiger charge is 2.35. The number of halogens is 3. The first-order valence-corrected chi connectivity index (χ1v) is 13.9. The SMILES string of the molecule is CC.CN(C=N)C(=N)C(c1cccc(-c2n[nH]c3c(CNC4CCCC4)nc(C(F)(F)F)cc23)c1)C1CCC1. The third-order valence-corrected chi connectivity index (χ3v) is 7.84. The number of likely N-dealkylation sites (N-methyl/N-ethyl adjacent to an activating group) is 1. The summed E-state index contributed by atoms with van der Waals surface area (Å²) in [5.74, 6) is 0.451. The van der Waals surface area contributed by atoms with Crippen molar-refractivity contribution in [1.29, 1.82) is 10.8 Å². The Hall–Kier alpha value is -3.27. The van der Waals surface area contributed by atoms with Crippen LogP contribution in [0.3, 0.4) is 0 Å². The van der Waals surface area contributed by atoms with Crippen molar-refractivity contribution in [3.63, 3.8) is 0 Å². The highest BCUT2D eigenvalue weighted by atomic mass is 19.4. The van der Waals surface area contributed by atoms with Gasteiger partial charge in [0, 0.05) is 36.5 Å². The van der Waals surface area contributed by atoms with Crippen molar-refractivity contribution in [1.82, 2.24) is 25.4 Å². The molecule has 0 radical (unpaired) electrons. The van der Waals surface area contributed by atoms with Crippen molar-refractivity contribution >= 4 is 23.1 Å². The first kappa shape index (κ1) is 28.7. The summed E-state index contributed by atoms with van der Waals surface area (Å²) in [6.07, 6.45) is 3.97. The molecule has 39 heavy (non-hydrogen) atoms. The van der Waals surface area contributed by atoms with E-state index in [4.69, 9.17) is 10.8 Å². The third-order valence-electron chi connectivity index (χ3n) is 7.84. The first-order chi connectivity index (χ1) is 18.8. The van der Waals surface area contributed by atoms with E-state index in [1.165, 1.54) is 4.90 Å². The van der Waals surface area contributed by atoms with Crippen LogP contribution in [0.25, 0.3) is 22.2 Å². The van der Waals surface area contributed by atoms with E-state index >= 15 is 0 Å². The molecule has 2 aromatic heterocycles. The van der Waals surface area contributed by atoms with Gasteiger partial charge in [-0.15, -0.1) is 0 Å². The number of rotatable bonds is 8. The van der Waals surface area contributed by atoms with Crippen LogP contribution in [-0.4, -0.2) is 45.3 Å². The number of aromatic amines is 1. The van der Waals surface area contributed by atoms with Crippen LogP contribution >= 0.6 is 0 Å². The lowest BCUT2D eigenvalue weighted by Gasteiger charge is -2.36. The van der Waals surface area contributed by atoms with Crippen molar-refractivity contribution in [2.24, 2.45) is 5.92 Å². The maximum atomic E-state index is 13.8. The van der Waals surface area contributed by atoms with Crippen LogP contribution < -0.4 is 5.32 Å². The Balaban J connectivity index is 0.00000172. The van der Waals surface area contributed by atoms with E-state index in [0.29, 0.717) is 45.6 Å². The lowest BCUT2D eigenvalue weighted by Crippen LogP contribution is -2.36. The fourth-order valence-electron chi connectivity index (χ4n) is 5.54. The van der Waals surface area contributed by atoms with Crippen molar-refractivity contribution in [3.05, 3.63) is 47.3 Å². The van der Waals surface area contributed by atoms with Gasteiger partial charge in [-0.1, -0.05) is 51.3 Å². The minimum Gasteiger partial charge on any atom is -0.324 e. The monoisotopic (exact) mass is 541 g/mol. The minimum atomic E-state index is -4.57. The van der Waals surface area contributed by atoms with Crippen molar-refractivity contribution in [3.8, 4) is 11.3 Å². The van der Waals surface area contributed by atoms with Gasteiger partial charge in [0.15, 0.2) is 0 Å². The van der Waals surface area contributed by atoms with Gasteiger partial charge in [-0.05, 0) is 49.3 Å². The number of pyridine rings is 1. The van der Waals surface area contributed by atoms with E-state index in [2.05, 4.69) is 20.5 Å². The number of amidine groups is 1. The molecular formula is C29H38F3N7. The Morgan fingerprint density at radius 1 is 1.15 bits per heavy atom. The number of H-pyrrole nitrogens is 1. The van der Waals surface area contributed by atoms with Crippen LogP contribution in [-0.2, 0) is 12.7 Å². The van der Waals surface area contributed by atoms with Crippen LogP contribution in [0, 0.1) is 16.7 Å². The second-order valence-electron chi connectivity index (χ2n) is 10.2. The fraction of sp³-hybridized carbons (Fsp3) is 0.517. The minimum absolute atomic E-state index is 0.191. The average Bonchev–Trinajstić information content (AvgIpc) is 3.59. The lowest BCUT2D eigenvalue weighted by atomic mass is 9.72. The van der Waals surface area contributed by atoms with E-state index in [-0.39, 0.29) is 12.5 Å². The van der Waals surface area contributed by atoms with Crippen molar-refractivity contribution in [2.45, 2.75) is 83.5 Å². The van der Waals surface area contributed by atoms with Gasteiger partial charge in [-0.25, -0.2) is 4.98 Å². The van der Waals surface area contributed by atoms with Crippen LogP contribution in [0.5, 0.6) is 0 Å². The molecule has 3 aromatic rings. The van der Waals surface area contributed by atoms with E-state index < -0.39 is 11.9 Å². The van der Waals surface area contributed by atoms with Gasteiger partial charge in [0.2, 0.25) is 0 Å². The van der Waals surface area contributed by atoms with Crippen LogP contribution in [0.2, 0.25) is 0 Å². The molecule has 4 N–H and O–H groups in total. The van der Waals surface area contributed by atoms with Gasteiger partial charge in [0.25, 0.3) is 0 Å². The van der Waals surface area contributed by atoms with E-state index in [9.17, 15) is 13.2 Å². The van der Waals surface area contributed by atoms with Gasteiger partial charge in [-0.3, -0.25) is 15.9 Å². The van der Waals surface area contributed by atoms with Gasteiger partial charge in [0.1, 0.15) is 17.2 Å². The smallest absolute Gasteiger partial charge is 0.324 e. The molecule has 10 heteroatoms.